The SMILES string of the molecule is O=C(NO)c1ccc(N2CCN(C(C=Cc3ccc(F)cc3)CO)CC2)nc1. The molecule has 1 fully saturated rings. The minimum atomic E-state index is -0.595. The third kappa shape index (κ3) is 4.92. The number of carbonyl (C=O) groups is 1. The quantitative estimate of drug-likeness (QED) is 0.516. The number of anilines is 1. The summed E-state index contributed by atoms with van der Waals surface area (Å²) in [5.41, 5.74) is 2.76. The minimum Gasteiger partial charge on any atom is -0.394 e. The number of aliphatic hydroxyl groups excluding tert-OH is 1. The molecule has 1 amide bonds. The van der Waals surface area contributed by atoms with Crippen molar-refractivity contribution in [2.75, 3.05) is 37.7 Å². The molecule has 1 aromatic carbocycles. The predicted molar refractivity (Wildman–Crippen MR) is 104 cm³/mol. The van der Waals surface area contributed by atoms with E-state index < -0.39 is 5.91 Å². The Balaban J connectivity index is 1.57. The van der Waals surface area contributed by atoms with Crippen LogP contribution < -0.4 is 10.4 Å². The Morgan fingerprint density at radius 2 is 1.89 bits per heavy atom. The average molecular weight is 386 g/mol. The van der Waals surface area contributed by atoms with Gasteiger partial charge in [0.25, 0.3) is 5.91 Å². The second-order valence-electron chi connectivity index (χ2n) is 6.53. The third-order valence-electron chi connectivity index (χ3n) is 4.79. The van der Waals surface area contributed by atoms with Crippen molar-refractivity contribution in [3.05, 3.63) is 65.6 Å². The lowest BCUT2D eigenvalue weighted by Gasteiger charge is -2.38. The van der Waals surface area contributed by atoms with Gasteiger partial charge in [-0.25, -0.2) is 14.9 Å². The lowest BCUT2D eigenvalue weighted by atomic mass is 10.1. The Hall–Kier alpha value is -2.81. The Labute approximate surface area is 162 Å². The summed E-state index contributed by atoms with van der Waals surface area (Å²) < 4.78 is 13.0. The maximum absolute atomic E-state index is 13.0. The second kappa shape index (κ2) is 9.41. The number of nitrogens with one attached hydrogen (secondary N) is 1. The molecule has 1 unspecified atom stereocenters. The van der Waals surface area contributed by atoms with E-state index in [9.17, 15) is 14.3 Å². The number of nitrogens with zero attached hydrogens (tertiary/aromatic N) is 3. The van der Waals surface area contributed by atoms with Crippen molar-refractivity contribution in [1.82, 2.24) is 15.4 Å². The molecule has 8 heteroatoms. The van der Waals surface area contributed by atoms with Crippen LogP contribution in [-0.2, 0) is 0 Å². The van der Waals surface area contributed by atoms with Crippen LogP contribution in [0.25, 0.3) is 6.08 Å². The molecule has 148 valence electrons. The molecule has 7 nitrogen and oxygen atoms in total. The molecular formula is C20H23FN4O3. The van der Waals surface area contributed by atoms with Crippen LogP contribution in [0.3, 0.4) is 0 Å². The van der Waals surface area contributed by atoms with Gasteiger partial charge in [-0.15, -0.1) is 0 Å². The first kappa shape index (κ1) is 19.9. The molecule has 1 saturated heterocycles. The van der Waals surface area contributed by atoms with Crippen LogP contribution in [0.15, 0.2) is 48.7 Å². The van der Waals surface area contributed by atoms with Gasteiger partial charge in [0.2, 0.25) is 0 Å². The van der Waals surface area contributed by atoms with Gasteiger partial charge in [0.15, 0.2) is 0 Å². The summed E-state index contributed by atoms with van der Waals surface area (Å²) in [7, 11) is 0. The first-order valence-electron chi connectivity index (χ1n) is 9.05. The molecule has 0 radical (unpaired) electrons. The van der Waals surface area contributed by atoms with Crippen molar-refractivity contribution in [2.45, 2.75) is 6.04 Å². The summed E-state index contributed by atoms with van der Waals surface area (Å²) in [6.45, 7) is 2.97. The predicted octanol–water partition coefficient (Wildman–Crippen LogP) is 1.54. The van der Waals surface area contributed by atoms with Gasteiger partial charge < -0.3 is 10.0 Å². The molecule has 3 rings (SSSR count). The van der Waals surface area contributed by atoms with Gasteiger partial charge in [0, 0.05) is 32.4 Å². The maximum atomic E-state index is 13.0. The van der Waals surface area contributed by atoms with Gasteiger partial charge in [0.05, 0.1) is 18.2 Å². The average Bonchev–Trinajstić information content (AvgIpc) is 2.75. The van der Waals surface area contributed by atoms with E-state index in [4.69, 9.17) is 5.21 Å². The zero-order chi connectivity index (χ0) is 19.9. The van der Waals surface area contributed by atoms with Crippen molar-refractivity contribution in [1.29, 1.82) is 0 Å². The van der Waals surface area contributed by atoms with Gasteiger partial charge >= 0.3 is 0 Å². The Morgan fingerprint density at radius 3 is 2.46 bits per heavy atom. The topological polar surface area (TPSA) is 88.9 Å². The lowest BCUT2D eigenvalue weighted by molar-refractivity contribution is 0.0706. The van der Waals surface area contributed by atoms with Crippen LogP contribution in [0.2, 0.25) is 0 Å². The number of hydrogen-bond acceptors (Lipinski definition) is 6. The lowest BCUT2D eigenvalue weighted by Crippen LogP contribution is -2.51. The normalized spacial score (nSPS) is 16.3. The molecule has 0 spiro atoms. The van der Waals surface area contributed by atoms with Gasteiger partial charge in [-0.1, -0.05) is 24.3 Å². The van der Waals surface area contributed by atoms with Crippen molar-refractivity contribution in [3.8, 4) is 0 Å². The molecule has 0 saturated carbocycles. The second-order valence-corrected chi connectivity index (χ2v) is 6.53. The fourth-order valence-electron chi connectivity index (χ4n) is 3.15. The van der Waals surface area contributed by atoms with E-state index in [0.717, 1.165) is 37.6 Å². The van der Waals surface area contributed by atoms with E-state index in [1.807, 2.05) is 12.2 Å². The summed E-state index contributed by atoms with van der Waals surface area (Å²) in [6.07, 6.45) is 5.25. The maximum Gasteiger partial charge on any atom is 0.276 e. The van der Waals surface area contributed by atoms with Gasteiger partial charge in [0.1, 0.15) is 11.6 Å². The number of halogens is 1. The van der Waals surface area contributed by atoms with E-state index in [0.29, 0.717) is 0 Å². The van der Waals surface area contributed by atoms with Gasteiger partial charge in [-0.3, -0.25) is 14.9 Å². The molecule has 1 aromatic heterocycles. The number of carbonyl (C=O) groups excluding carboxylic acids is 1. The molecular weight excluding hydrogens is 363 g/mol. The summed E-state index contributed by atoms with van der Waals surface area (Å²) >= 11 is 0. The molecule has 0 aliphatic carbocycles. The van der Waals surface area contributed by atoms with Gasteiger partial charge in [-0.2, -0.15) is 0 Å². The number of hydroxylamine groups is 1. The smallest absolute Gasteiger partial charge is 0.276 e. The fourth-order valence-corrected chi connectivity index (χ4v) is 3.15. The Kier molecular flexibility index (Phi) is 6.70. The summed E-state index contributed by atoms with van der Waals surface area (Å²) in [5.74, 6) is -0.107. The number of piperazine rings is 1. The molecule has 3 N–H and O–H groups in total. The van der Waals surface area contributed by atoms with E-state index in [2.05, 4.69) is 14.8 Å². The summed E-state index contributed by atoms with van der Waals surface area (Å²) in [5, 5.41) is 18.4. The van der Waals surface area contributed by atoms with E-state index in [1.165, 1.54) is 18.3 Å². The number of amides is 1. The summed E-state index contributed by atoms with van der Waals surface area (Å²) in [6, 6.07) is 9.47. The first-order valence-corrected chi connectivity index (χ1v) is 9.05. The van der Waals surface area contributed by atoms with Crippen molar-refractivity contribution < 1.29 is 19.5 Å². The van der Waals surface area contributed by atoms with Crippen LogP contribution in [0.4, 0.5) is 10.2 Å². The summed E-state index contributed by atoms with van der Waals surface area (Å²) in [4.78, 5) is 19.9. The van der Waals surface area contributed by atoms with Crippen LogP contribution >= 0.6 is 0 Å². The standard InChI is InChI=1S/C20H23FN4O3/c21-17-5-1-15(2-6-17)3-7-18(14-26)24-9-11-25(12-10-24)19-8-4-16(13-22-19)20(27)23-28/h1-8,13,18,26,28H,9-12,14H2,(H,23,27). The van der Waals surface area contributed by atoms with E-state index in [-0.39, 0.29) is 24.0 Å². The zero-order valence-corrected chi connectivity index (χ0v) is 15.3. The van der Waals surface area contributed by atoms with Crippen LogP contribution in [-0.4, -0.2) is 64.9 Å². The highest BCUT2D eigenvalue weighted by Crippen LogP contribution is 2.16. The number of hydrogen-bond donors (Lipinski definition) is 3. The highest BCUT2D eigenvalue weighted by molar-refractivity contribution is 5.93. The first-order chi connectivity index (χ1) is 13.6. The van der Waals surface area contributed by atoms with Gasteiger partial charge in [-0.05, 0) is 29.8 Å². The number of pyridine rings is 1. The zero-order valence-electron chi connectivity index (χ0n) is 15.3. The molecule has 2 aromatic rings. The highest BCUT2D eigenvalue weighted by atomic mass is 19.1. The number of aliphatic hydroxyl groups is 1. The largest absolute Gasteiger partial charge is 0.394 e. The molecule has 1 aliphatic heterocycles. The molecule has 2 heterocycles. The van der Waals surface area contributed by atoms with E-state index in [1.54, 1.807) is 29.7 Å². The van der Waals surface area contributed by atoms with Crippen LogP contribution in [0, 0.1) is 5.82 Å². The third-order valence-corrected chi connectivity index (χ3v) is 4.79. The number of aromatic nitrogens is 1. The highest BCUT2D eigenvalue weighted by Gasteiger charge is 2.22. The van der Waals surface area contributed by atoms with Crippen LogP contribution in [0.5, 0.6) is 0 Å². The van der Waals surface area contributed by atoms with Crippen molar-refractivity contribution in [3.63, 3.8) is 0 Å². The van der Waals surface area contributed by atoms with Crippen molar-refractivity contribution in [2.24, 2.45) is 0 Å². The van der Waals surface area contributed by atoms with E-state index >= 15 is 0 Å². The number of benzene rings is 1. The molecule has 28 heavy (non-hydrogen) atoms. The van der Waals surface area contributed by atoms with Crippen LogP contribution in [0.1, 0.15) is 15.9 Å². The Bertz CT molecular complexity index is 803. The monoisotopic (exact) mass is 386 g/mol. The van der Waals surface area contributed by atoms with Crippen molar-refractivity contribution >= 4 is 17.8 Å². The minimum absolute atomic E-state index is 0.000906. The fraction of sp³-hybridized carbons (Fsp3) is 0.300. The number of rotatable bonds is 6. The molecule has 1 atom stereocenters. The Morgan fingerprint density at radius 1 is 1.18 bits per heavy atom. The molecule has 1 aliphatic rings. The molecule has 0 bridgehead atoms.